The minimum absolute atomic E-state index is 0.157. The minimum atomic E-state index is -1.13. The van der Waals surface area contributed by atoms with E-state index in [-0.39, 0.29) is 17.4 Å². The third kappa shape index (κ3) is 2.95. The highest BCUT2D eigenvalue weighted by molar-refractivity contribution is 5.82. The summed E-state index contributed by atoms with van der Waals surface area (Å²) in [5.74, 6) is 1.97. The first-order chi connectivity index (χ1) is 14.6. The third-order valence-electron chi connectivity index (χ3n) is 10.5. The van der Waals surface area contributed by atoms with Crippen LogP contribution in [0, 0.1) is 28.6 Å². The van der Waals surface area contributed by atoms with E-state index in [9.17, 15) is 15.3 Å². The molecule has 0 amide bonds. The SMILES string of the molecule is CN1CCN=C1N/N=C/[C@@]1(O)CC[C@]2(O)[C@@H]3CC[C@@H]4C[C@@H](O)CC[C@]4(C)[C@H]3CC[C@]12C. The van der Waals surface area contributed by atoms with Gasteiger partial charge in [0.2, 0.25) is 5.96 Å². The summed E-state index contributed by atoms with van der Waals surface area (Å²) in [7, 11) is 1.97. The Morgan fingerprint density at radius 2 is 1.87 bits per heavy atom. The topological polar surface area (TPSA) is 101 Å². The third-order valence-corrected chi connectivity index (χ3v) is 10.5. The van der Waals surface area contributed by atoms with E-state index in [1.54, 1.807) is 6.21 Å². The number of hydrogen-bond donors (Lipinski definition) is 4. The maximum Gasteiger partial charge on any atom is 0.214 e. The highest BCUT2D eigenvalue weighted by Crippen LogP contribution is 2.69. The predicted molar refractivity (Wildman–Crippen MR) is 121 cm³/mol. The van der Waals surface area contributed by atoms with Crippen molar-refractivity contribution in [2.45, 2.75) is 88.9 Å². The molecular formula is C24H40N4O3. The van der Waals surface area contributed by atoms with E-state index in [0.29, 0.717) is 24.7 Å². The zero-order valence-electron chi connectivity index (χ0n) is 19.3. The van der Waals surface area contributed by atoms with Gasteiger partial charge in [-0.3, -0.25) is 0 Å². The zero-order chi connectivity index (χ0) is 22.1. The maximum atomic E-state index is 12.2. The summed E-state index contributed by atoms with van der Waals surface area (Å²) in [6.45, 7) is 6.13. The van der Waals surface area contributed by atoms with Crippen molar-refractivity contribution in [3.8, 4) is 0 Å². The molecule has 0 bridgehead atoms. The molecule has 4 aliphatic carbocycles. The molecular weight excluding hydrogens is 392 g/mol. The Morgan fingerprint density at radius 1 is 1.06 bits per heavy atom. The molecule has 0 unspecified atom stereocenters. The number of nitrogens with one attached hydrogen (secondary N) is 1. The van der Waals surface area contributed by atoms with Crippen molar-refractivity contribution in [3.63, 3.8) is 0 Å². The van der Waals surface area contributed by atoms with Gasteiger partial charge in [-0.2, -0.15) is 5.10 Å². The maximum absolute atomic E-state index is 12.2. The van der Waals surface area contributed by atoms with Crippen LogP contribution in [0.3, 0.4) is 0 Å². The number of rotatable bonds is 2. The second-order valence-corrected chi connectivity index (χ2v) is 11.6. The number of nitrogens with zero attached hydrogens (tertiary/aromatic N) is 3. The average molecular weight is 433 g/mol. The van der Waals surface area contributed by atoms with Gasteiger partial charge in [-0.1, -0.05) is 13.8 Å². The fraction of sp³-hybridized carbons (Fsp3) is 0.917. The van der Waals surface area contributed by atoms with Crippen LogP contribution in [0.2, 0.25) is 0 Å². The molecule has 0 saturated heterocycles. The molecule has 0 aromatic heterocycles. The van der Waals surface area contributed by atoms with Crippen LogP contribution in [0.25, 0.3) is 0 Å². The lowest BCUT2D eigenvalue weighted by Crippen LogP contribution is -2.65. The van der Waals surface area contributed by atoms with E-state index in [2.05, 4.69) is 29.4 Å². The van der Waals surface area contributed by atoms with Gasteiger partial charge in [-0.05, 0) is 81.0 Å². The quantitative estimate of drug-likeness (QED) is 0.396. The molecule has 0 aromatic carbocycles. The summed E-state index contributed by atoms with van der Waals surface area (Å²) in [6.07, 6.45) is 9.40. The summed E-state index contributed by atoms with van der Waals surface area (Å²) in [5, 5.41) is 38.5. The molecule has 5 rings (SSSR count). The molecule has 4 fully saturated rings. The molecule has 7 heteroatoms. The Balaban J connectivity index is 1.38. The first-order valence-electron chi connectivity index (χ1n) is 12.3. The number of guanidine groups is 1. The summed E-state index contributed by atoms with van der Waals surface area (Å²) in [6, 6.07) is 0. The van der Waals surface area contributed by atoms with Crippen molar-refractivity contribution < 1.29 is 15.3 Å². The number of hydrazone groups is 1. The number of aliphatic imine (C=N–C) groups is 1. The summed E-state index contributed by atoms with van der Waals surface area (Å²) in [4.78, 5) is 6.40. The first kappa shape index (κ1) is 21.7. The van der Waals surface area contributed by atoms with E-state index in [0.717, 1.165) is 64.0 Å². The van der Waals surface area contributed by atoms with Gasteiger partial charge in [-0.25, -0.2) is 10.4 Å². The number of likely N-dealkylation sites (N-methyl/N-ethyl adjacent to an activating group) is 1. The van der Waals surface area contributed by atoms with Crippen molar-refractivity contribution in [1.82, 2.24) is 10.3 Å². The zero-order valence-corrected chi connectivity index (χ0v) is 19.3. The van der Waals surface area contributed by atoms with Crippen molar-refractivity contribution in [2.24, 2.45) is 38.7 Å². The fourth-order valence-corrected chi connectivity index (χ4v) is 8.31. The second kappa shape index (κ2) is 7.16. The normalized spacial score (nSPS) is 51.9. The second-order valence-electron chi connectivity index (χ2n) is 11.6. The lowest BCUT2D eigenvalue weighted by Gasteiger charge is -2.64. The average Bonchev–Trinajstić information content (AvgIpc) is 3.23. The number of hydrogen-bond acceptors (Lipinski definition) is 7. The van der Waals surface area contributed by atoms with E-state index >= 15 is 0 Å². The van der Waals surface area contributed by atoms with Crippen LogP contribution in [-0.2, 0) is 0 Å². The molecule has 1 aliphatic heterocycles. The molecule has 1 heterocycles. The Bertz CT molecular complexity index is 789. The van der Waals surface area contributed by atoms with Gasteiger partial charge in [0.25, 0.3) is 0 Å². The van der Waals surface area contributed by atoms with Crippen LogP contribution in [0.1, 0.15) is 71.6 Å². The summed E-state index contributed by atoms with van der Waals surface area (Å²) >= 11 is 0. The Labute approximate surface area is 186 Å². The molecule has 0 aromatic rings. The van der Waals surface area contributed by atoms with Crippen molar-refractivity contribution in [3.05, 3.63) is 0 Å². The van der Waals surface area contributed by atoms with Crippen LogP contribution < -0.4 is 5.43 Å². The van der Waals surface area contributed by atoms with Gasteiger partial charge in [0.05, 0.1) is 24.5 Å². The van der Waals surface area contributed by atoms with Gasteiger partial charge in [0.15, 0.2) is 0 Å². The van der Waals surface area contributed by atoms with Crippen LogP contribution >= 0.6 is 0 Å². The molecule has 174 valence electrons. The smallest absolute Gasteiger partial charge is 0.214 e. The summed E-state index contributed by atoms with van der Waals surface area (Å²) < 4.78 is 0. The van der Waals surface area contributed by atoms with Gasteiger partial charge >= 0.3 is 0 Å². The molecule has 8 atom stereocenters. The van der Waals surface area contributed by atoms with Gasteiger partial charge in [0, 0.05) is 19.0 Å². The lowest BCUT2D eigenvalue weighted by atomic mass is 9.43. The summed E-state index contributed by atoms with van der Waals surface area (Å²) in [5.41, 5.74) is 0.584. The monoisotopic (exact) mass is 432 g/mol. The number of fused-ring (bicyclic) bond motifs is 5. The molecule has 31 heavy (non-hydrogen) atoms. The molecule has 0 spiro atoms. The van der Waals surface area contributed by atoms with Crippen LogP contribution in [-0.4, -0.2) is 69.8 Å². The van der Waals surface area contributed by atoms with Crippen molar-refractivity contribution in [2.75, 3.05) is 20.1 Å². The Hall–Kier alpha value is -1.18. The Morgan fingerprint density at radius 3 is 2.61 bits per heavy atom. The molecule has 4 N–H and O–H groups in total. The Kier molecular flexibility index (Phi) is 5.00. The highest BCUT2D eigenvalue weighted by Gasteiger charge is 2.71. The minimum Gasteiger partial charge on any atom is -0.393 e. The molecule has 5 aliphatic rings. The van der Waals surface area contributed by atoms with E-state index < -0.39 is 16.6 Å². The standard InChI is InChI=1S/C24H40N4O3/c1-21-8-6-17(29)14-16(21)4-5-19-18(21)7-9-22(2)23(30,10-11-24(19,22)31)15-26-27-20-25-12-13-28(20)3/h15-19,29-31H,4-14H2,1-3H3,(H,25,27)/b26-15+/t16-,17+,18+,19-,21+,22-,23+,24+/m1/s1. The van der Waals surface area contributed by atoms with Gasteiger partial charge in [0.1, 0.15) is 5.60 Å². The largest absolute Gasteiger partial charge is 0.393 e. The lowest BCUT2D eigenvalue weighted by molar-refractivity contribution is -0.223. The highest BCUT2D eigenvalue weighted by atomic mass is 16.3. The van der Waals surface area contributed by atoms with Crippen molar-refractivity contribution >= 4 is 12.2 Å². The first-order valence-corrected chi connectivity index (χ1v) is 12.3. The fourth-order valence-electron chi connectivity index (χ4n) is 8.31. The van der Waals surface area contributed by atoms with Gasteiger partial charge in [-0.15, -0.1) is 0 Å². The van der Waals surface area contributed by atoms with Crippen LogP contribution in [0.5, 0.6) is 0 Å². The van der Waals surface area contributed by atoms with Crippen LogP contribution in [0.4, 0.5) is 0 Å². The number of aliphatic hydroxyl groups excluding tert-OH is 1. The molecule has 7 nitrogen and oxygen atoms in total. The number of aliphatic hydroxyl groups is 3. The van der Waals surface area contributed by atoms with Crippen molar-refractivity contribution in [1.29, 1.82) is 0 Å². The molecule has 4 saturated carbocycles. The van der Waals surface area contributed by atoms with E-state index in [1.165, 1.54) is 0 Å². The predicted octanol–water partition coefficient (Wildman–Crippen LogP) is 2.11. The molecule has 0 radical (unpaired) electrons. The van der Waals surface area contributed by atoms with E-state index in [4.69, 9.17) is 0 Å². The van der Waals surface area contributed by atoms with Crippen LogP contribution in [0.15, 0.2) is 10.1 Å². The van der Waals surface area contributed by atoms with Gasteiger partial charge < -0.3 is 20.2 Å². The van der Waals surface area contributed by atoms with E-state index in [1.807, 2.05) is 11.9 Å².